The molecule has 1 aromatic heterocycles. The molecule has 10 nitrogen and oxygen atoms in total. The van der Waals surface area contributed by atoms with Gasteiger partial charge < -0.3 is 24.2 Å². The van der Waals surface area contributed by atoms with E-state index in [1.54, 1.807) is 18.2 Å². The average molecular weight is 878 g/mol. The summed E-state index contributed by atoms with van der Waals surface area (Å²) in [6.45, 7) is 0.281. The zero-order valence-corrected chi connectivity index (χ0v) is 33.5. The summed E-state index contributed by atoms with van der Waals surface area (Å²) in [6, 6.07) is 19.8. The molecule has 3 aromatic carbocycles. The fourth-order valence-electron chi connectivity index (χ4n) is 7.13. The number of carbonyl (C=O) groups is 2. The molecule has 4 fully saturated rings. The highest BCUT2D eigenvalue weighted by atomic mass is 79.9. The van der Waals surface area contributed by atoms with Crippen molar-refractivity contribution in [2.75, 3.05) is 26.2 Å². The molecule has 3 saturated heterocycles. The number of fused-ring (bicyclic) bond motifs is 3. The lowest BCUT2D eigenvalue weighted by atomic mass is 9.86. The molecule has 56 heavy (non-hydrogen) atoms. The number of nitrogens with one attached hydrogen (secondary N) is 1. The lowest BCUT2D eigenvalue weighted by Crippen LogP contribution is -2.52. The molecule has 1 saturated carbocycles. The minimum atomic E-state index is -3.08. The van der Waals surface area contributed by atoms with E-state index in [4.69, 9.17) is 42.1 Å². The SMILES string of the molecule is Br.O=C(O[C@@H](Cc1c(Cl)c[n+]([O-])cc1Cl)c1ccc(OC(F)F)c(OCC2CC2)c1)c1cccc(CNC(C(=O)O[C@H]2CN3CCC2CC3)c2ccccc2)c1. The minimum absolute atomic E-state index is 0. The number of pyridine rings is 1. The summed E-state index contributed by atoms with van der Waals surface area (Å²) in [5.74, 6) is -0.452. The number of esters is 2. The van der Waals surface area contributed by atoms with Crippen LogP contribution in [-0.4, -0.2) is 55.8 Å². The first-order valence-electron chi connectivity index (χ1n) is 18.4. The predicted octanol–water partition coefficient (Wildman–Crippen LogP) is 8.20. The highest BCUT2D eigenvalue weighted by molar-refractivity contribution is 8.93. The molecule has 1 unspecified atom stereocenters. The van der Waals surface area contributed by atoms with Gasteiger partial charge in [-0.15, -0.1) is 17.0 Å². The summed E-state index contributed by atoms with van der Waals surface area (Å²) in [4.78, 5) is 29.9. The summed E-state index contributed by atoms with van der Waals surface area (Å²) in [7, 11) is 0. The second-order valence-corrected chi connectivity index (χ2v) is 15.1. The number of piperidine rings is 3. The van der Waals surface area contributed by atoms with Crippen molar-refractivity contribution >= 4 is 52.1 Å². The van der Waals surface area contributed by atoms with Crippen LogP contribution in [0.2, 0.25) is 10.0 Å². The number of hydrogen-bond donors (Lipinski definition) is 1. The first kappa shape index (κ1) is 41.6. The first-order chi connectivity index (χ1) is 26.6. The molecule has 298 valence electrons. The lowest BCUT2D eigenvalue weighted by molar-refractivity contribution is -0.605. The van der Waals surface area contributed by atoms with Crippen molar-refractivity contribution in [1.82, 2.24) is 10.2 Å². The Hall–Kier alpha value is -4.01. The minimum Gasteiger partial charge on any atom is -0.619 e. The average Bonchev–Trinajstić information content (AvgIpc) is 4.01. The fourth-order valence-corrected chi connectivity index (χ4v) is 7.73. The van der Waals surface area contributed by atoms with Crippen molar-refractivity contribution in [2.24, 2.45) is 11.8 Å². The van der Waals surface area contributed by atoms with E-state index < -0.39 is 24.7 Å². The molecule has 2 bridgehead atoms. The van der Waals surface area contributed by atoms with Gasteiger partial charge in [0.1, 0.15) is 28.3 Å². The van der Waals surface area contributed by atoms with Gasteiger partial charge in [-0.2, -0.15) is 13.5 Å². The number of ether oxygens (including phenoxy) is 4. The van der Waals surface area contributed by atoms with Gasteiger partial charge in [-0.05, 0) is 91.6 Å². The Morgan fingerprint density at radius 2 is 1.64 bits per heavy atom. The highest BCUT2D eigenvalue weighted by Gasteiger charge is 2.38. The zero-order valence-electron chi connectivity index (χ0n) is 30.3. The van der Waals surface area contributed by atoms with Crippen molar-refractivity contribution in [1.29, 1.82) is 0 Å². The van der Waals surface area contributed by atoms with Crippen LogP contribution >= 0.6 is 40.2 Å². The predicted molar refractivity (Wildman–Crippen MR) is 210 cm³/mol. The van der Waals surface area contributed by atoms with E-state index in [0.717, 1.165) is 63.3 Å². The van der Waals surface area contributed by atoms with Crippen LogP contribution in [0.15, 0.2) is 85.2 Å². The van der Waals surface area contributed by atoms with Crippen LogP contribution in [0.25, 0.3) is 0 Å². The number of benzene rings is 3. The fraction of sp³-hybridized carbons (Fsp3) is 0.390. The van der Waals surface area contributed by atoms with Gasteiger partial charge in [0.25, 0.3) is 0 Å². The van der Waals surface area contributed by atoms with Gasteiger partial charge in [0, 0.05) is 25.1 Å². The van der Waals surface area contributed by atoms with Crippen molar-refractivity contribution in [3.63, 3.8) is 0 Å². The van der Waals surface area contributed by atoms with Crippen LogP contribution in [0.5, 0.6) is 11.5 Å². The Labute approximate surface area is 344 Å². The summed E-state index contributed by atoms with van der Waals surface area (Å²) in [5, 5.41) is 15.4. The van der Waals surface area contributed by atoms with E-state index in [1.165, 1.54) is 18.2 Å². The molecular formula is C41H42BrCl2F2N3O7. The second-order valence-electron chi connectivity index (χ2n) is 14.3. The Balaban J connectivity index is 0.00000532. The van der Waals surface area contributed by atoms with Crippen LogP contribution < -0.4 is 19.5 Å². The quantitative estimate of drug-likeness (QED) is 0.0677. The summed E-state index contributed by atoms with van der Waals surface area (Å²) >= 11 is 12.9. The lowest BCUT2D eigenvalue weighted by Gasteiger charge is -2.44. The van der Waals surface area contributed by atoms with Gasteiger partial charge >= 0.3 is 18.6 Å². The summed E-state index contributed by atoms with van der Waals surface area (Å²) in [6.07, 6.45) is 5.01. The van der Waals surface area contributed by atoms with E-state index in [1.807, 2.05) is 36.4 Å². The molecule has 4 aliphatic rings. The van der Waals surface area contributed by atoms with E-state index in [-0.39, 0.29) is 69.1 Å². The standard InChI is InChI=1S/C41H41Cl2F2N3O7.BrH/c42-32-21-48(51)22-33(43)31(32)19-35(29-11-12-34(55-41(44)45)36(18-29)52-24-25-9-10-25)53-39(49)30-8-4-5-26(17-30)20-46-38(28-6-2-1-3-7-28)40(50)54-37-23-47-15-13-27(37)14-16-47;/h1-8,11-12,17-18,21-22,25,27,35,37-38,41,46H,9-10,13-16,19-20,23-24H2;1H/t35-,37-,38?;/m0./s1. The number of nitrogens with zero attached hydrogens (tertiary/aromatic N) is 2. The number of halogens is 5. The first-order valence-corrected chi connectivity index (χ1v) is 19.1. The number of rotatable bonds is 16. The summed E-state index contributed by atoms with van der Waals surface area (Å²) in [5.41, 5.74) is 2.44. The third-order valence-electron chi connectivity index (χ3n) is 10.3. The van der Waals surface area contributed by atoms with Gasteiger partial charge in [-0.25, -0.2) is 9.59 Å². The second kappa shape index (κ2) is 19.0. The maximum atomic E-state index is 13.9. The number of hydrogen-bond acceptors (Lipinski definition) is 9. The molecule has 3 aliphatic heterocycles. The van der Waals surface area contributed by atoms with E-state index in [2.05, 4.69) is 10.2 Å². The number of carbonyl (C=O) groups excluding carboxylic acids is 2. The Bertz CT molecular complexity index is 1960. The largest absolute Gasteiger partial charge is 0.619 e. The molecule has 4 heterocycles. The molecule has 8 rings (SSSR count). The maximum absolute atomic E-state index is 13.9. The molecule has 1 N–H and O–H groups in total. The molecular weight excluding hydrogens is 835 g/mol. The summed E-state index contributed by atoms with van der Waals surface area (Å²) < 4.78 is 49.8. The third kappa shape index (κ3) is 10.7. The van der Waals surface area contributed by atoms with Gasteiger partial charge in [-0.1, -0.05) is 71.7 Å². The third-order valence-corrected chi connectivity index (χ3v) is 11.0. The van der Waals surface area contributed by atoms with Crippen molar-refractivity contribution in [2.45, 2.75) is 63.5 Å². The van der Waals surface area contributed by atoms with E-state index >= 15 is 0 Å². The van der Waals surface area contributed by atoms with Gasteiger partial charge in [0.15, 0.2) is 23.9 Å². The van der Waals surface area contributed by atoms with Crippen LogP contribution in [-0.2, 0) is 27.2 Å². The Morgan fingerprint density at radius 1 is 0.911 bits per heavy atom. The maximum Gasteiger partial charge on any atom is 0.387 e. The smallest absolute Gasteiger partial charge is 0.387 e. The monoisotopic (exact) mass is 875 g/mol. The topological polar surface area (TPSA) is 113 Å². The van der Waals surface area contributed by atoms with Crippen LogP contribution in [0.1, 0.15) is 70.4 Å². The van der Waals surface area contributed by atoms with Crippen LogP contribution in [0, 0.1) is 17.0 Å². The van der Waals surface area contributed by atoms with Crippen molar-refractivity contribution < 1.29 is 42.0 Å². The molecule has 0 spiro atoms. The molecule has 4 aromatic rings. The van der Waals surface area contributed by atoms with Crippen molar-refractivity contribution in [3.8, 4) is 11.5 Å². The molecule has 0 amide bonds. The highest BCUT2D eigenvalue weighted by Crippen LogP contribution is 2.38. The van der Waals surface area contributed by atoms with E-state index in [9.17, 15) is 23.6 Å². The number of alkyl halides is 2. The number of aromatic nitrogens is 1. The van der Waals surface area contributed by atoms with Crippen molar-refractivity contribution in [3.05, 3.63) is 128 Å². The molecule has 1 aliphatic carbocycles. The van der Waals surface area contributed by atoms with Gasteiger partial charge in [0.05, 0.1) is 12.2 Å². The van der Waals surface area contributed by atoms with Gasteiger partial charge in [-0.3, -0.25) is 10.2 Å². The molecule has 3 atom stereocenters. The van der Waals surface area contributed by atoms with Crippen LogP contribution in [0.4, 0.5) is 8.78 Å². The molecule has 15 heteroatoms. The zero-order chi connectivity index (χ0) is 38.5. The Kier molecular flexibility index (Phi) is 14.1. The van der Waals surface area contributed by atoms with Crippen LogP contribution in [0.3, 0.4) is 0 Å². The Morgan fingerprint density at radius 3 is 2.30 bits per heavy atom. The molecule has 0 radical (unpaired) electrons. The normalized spacial score (nSPS) is 19.8. The van der Waals surface area contributed by atoms with Gasteiger partial charge in [0.2, 0.25) is 0 Å². The van der Waals surface area contributed by atoms with E-state index in [0.29, 0.717) is 39.9 Å².